The maximum atomic E-state index is 12.5. The van der Waals surface area contributed by atoms with Crippen molar-refractivity contribution in [2.24, 2.45) is 12.1 Å². The second-order valence-corrected chi connectivity index (χ2v) is 5.94. The van der Waals surface area contributed by atoms with E-state index in [4.69, 9.17) is 0 Å². The third-order valence-electron chi connectivity index (χ3n) is 4.33. The average molecular weight is 327 g/mol. The van der Waals surface area contributed by atoms with Crippen LogP contribution in [0.5, 0.6) is 0 Å². The Bertz CT molecular complexity index is 1100. The van der Waals surface area contributed by atoms with Crippen LogP contribution in [0.15, 0.2) is 78.0 Å². The predicted octanol–water partition coefficient (Wildman–Crippen LogP) is 4.10. The van der Waals surface area contributed by atoms with Gasteiger partial charge >= 0.3 is 0 Å². The molecule has 1 heterocycles. The summed E-state index contributed by atoms with van der Waals surface area (Å²) < 4.78 is 2.04. The van der Waals surface area contributed by atoms with Gasteiger partial charge in [0, 0.05) is 35.3 Å². The van der Waals surface area contributed by atoms with E-state index in [0.717, 1.165) is 27.2 Å². The summed E-state index contributed by atoms with van der Waals surface area (Å²) in [6.07, 6.45) is 3.68. The van der Waals surface area contributed by atoms with Crippen molar-refractivity contribution in [3.05, 3.63) is 84.1 Å². The number of carbonyl (C=O) groups is 1. The average Bonchev–Trinajstić information content (AvgIpc) is 2.97. The van der Waals surface area contributed by atoms with Crippen molar-refractivity contribution in [1.82, 2.24) is 9.99 Å². The first-order chi connectivity index (χ1) is 12.2. The van der Waals surface area contributed by atoms with Crippen LogP contribution < -0.4 is 5.43 Å². The molecule has 4 heteroatoms. The molecule has 0 aliphatic heterocycles. The number of hydrogen-bond donors (Lipinski definition) is 1. The number of nitrogens with zero attached hydrogens (tertiary/aromatic N) is 2. The van der Waals surface area contributed by atoms with E-state index in [0.29, 0.717) is 5.56 Å². The summed E-state index contributed by atoms with van der Waals surface area (Å²) in [5, 5.41) is 7.21. The van der Waals surface area contributed by atoms with Gasteiger partial charge in [0.25, 0.3) is 5.91 Å². The molecule has 1 N–H and O–H groups in total. The lowest BCUT2D eigenvalue weighted by molar-refractivity contribution is 0.0957. The van der Waals surface area contributed by atoms with Crippen LogP contribution in [-0.2, 0) is 7.05 Å². The smallest absolute Gasteiger partial charge is 0.271 e. The summed E-state index contributed by atoms with van der Waals surface area (Å²) in [6.45, 7) is 0. The van der Waals surface area contributed by atoms with Crippen molar-refractivity contribution in [3.8, 4) is 0 Å². The third kappa shape index (κ3) is 2.78. The minimum atomic E-state index is -0.215. The molecule has 0 bridgehead atoms. The Balaban J connectivity index is 1.60. The molecule has 0 saturated carbocycles. The van der Waals surface area contributed by atoms with Crippen LogP contribution in [0.4, 0.5) is 0 Å². The molecule has 0 unspecified atom stereocenters. The first-order valence-corrected chi connectivity index (χ1v) is 8.09. The molecule has 0 saturated heterocycles. The van der Waals surface area contributed by atoms with Crippen molar-refractivity contribution in [3.63, 3.8) is 0 Å². The van der Waals surface area contributed by atoms with E-state index in [1.54, 1.807) is 6.21 Å². The second-order valence-electron chi connectivity index (χ2n) is 5.94. The van der Waals surface area contributed by atoms with E-state index in [2.05, 4.69) is 16.6 Å². The number of fused-ring (bicyclic) bond motifs is 2. The van der Waals surface area contributed by atoms with Crippen molar-refractivity contribution in [2.45, 2.75) is 0 Å². The standard InChI is InChI=1S/C21H17N3O/c1-24-14-16(18-10-4-5-12-20(18)24)13-22-23-21(25)19-11-6-8-15-7-2-3-9-17(15)19/h2-14H,1H3,(H,23,25)/b22-13+. The lowest BCUT2D eigenvalue weighted by Gasteiger charge is -2.04. The molecule has 3 aromatic carbocycles. The largest absolute Gasteiger partial charge is 0.350 e. The molecule has 4 rings (SSSR count). The molecule has 0 fully saturated rings. The zero-order valence-electron chi connectivity index (χ0n) is 13.8. The van der Waals surface area contributed by atoms with Gasteiger partial charge in [-0.15, -0.1) is 0 Å². The van der Waals surface area contributed by atoms with Crippen LogP contribution in [0.1, 0.15) is 15.9 Å². The highest BCUT2D eigenvalue weighted by Crippen LogP contribution is 2.19. The van der Waals surface area contributed by atoms with E-state index < -0.39 is 0 Å². The van der Waals surface area contributed by atoms with Gasteiger partial charge < -0.3 is 4.57 Å². The molecular formula is C21H17N3O. The predicted molar refractivity (Wildman–Crippen MR) is 102 cm³/mol. The molecule has 1 aromatic heterocycles. The van der Waals surface area contributed by atoms with Gasteiger partial charge in [-0.25, -0.2) is 5.43 Å². The number of benzene rings is 3. The maximum Gasteiger partial charge on any atom is 0.271 e. The number of aryl methyl sites for hydroxylation is 1. The van der Waals surface area contributed by atoms with Gasteiger partial charge in [0.1, 0.15) is 0 Å². The molecule has 1 amide bonds. The van der Waals surface area contributed by atoms with Crippen LogP contribution in [0.25, 0.3) is 21.7 Å². The monoisotopic (exact) mass is 327 g/mol. The van der Waals surface area contributed by atoms with Crippen LogP contribution in [-0.4, -0.2) is 16.7 Å². The minimum absolute atomic E-state index is 0.215. The summed E-state index contributed by atoms with van der Waals surface area (Å²) >= 11 is 0. The fraction of sp³-hybridized carbons (Fsp3) is 0.0476. The Morgan fingerprint density at radius 1 is 0.960 bits per heavy atom. The number of hydrazone groups is 1. The molecule has 25 heavy (non-hydrogen) atoms. The fourth-order valence-corrected chi connectivity index (χ4v) is 3.12. The van der Waals surface area contributed by atoms with E-state index in [9.17, 15) is 4.79 Å². The van der Waals surface area contributed by atoms with Crippen molar-refractivity contribution < 1.29 is 4.79 Å². The number of aromatic nitrogens is 1. The molecule has 122 valence electrons. The van der Waals surface area contributed by atoms with Gasteiger partial charge in [0.05, 0.1) is 6.21 Å². The molecule has 0 aliphatic carbocycles. The number of rotatable bonds is 3. The topological polar surface area (TPSA) is 46.4 Å². The number of nitrogens with one attached hydrogen (secondary N) is 1. The second kappa shape index (κ2) is 6.24. The Kier molecular flexibility index (Phi) is 3.78. The Hall–Kier alpha value is -3.40. The van der Waals surface area contributed by atoms with E-state index in [1.807, 2.05) is 78.5 Å². The first-order valence-electron chi connectivity index (χ1n) is 8.09. The summed E-state index contributed by atoms with van der Waals surface area (Å²) in [7, 11) is 1.99. The highest BCUT2D eigenvalue weighted by atomic mass is 16.2. The molecule has 0 atom stereocenters. The first kappa shape index (κ1) is 15.1. The Morgan fingerprint density at radius 2 is 1.68 bits per heavy atom. The molecule has 0 radical (unpaired) electrons. The number of amides is 1. The highest BCUT2D eigenvalue weighted by molar-refractivity contribution is 6.07. The van der Waals surface area contributed by atoms with E-state index >= 15 is 0 Å². The van der Waals surface area contributed by atoms with Crippen molar-refractivity contribution >= 4 is 33.8 Å². The fourth-order valence-electron chi connectivity index (χ4n) is 3.12. The Labute approximate surface area is 145 Å². The minimum Gasteiger partial charge on any atom is -0.350 e. The zero-order valence-corrected chi connectivity index (χ0v) is 13.8. The van der Waals surface area contributed by atoms with E-state index in [1.165, 1.54) is 0 Å². The van der Waals surface area contributed by atoms with E-state index in [-0.39, 0.29) is 5.91 Å². The van der Waals surface area contributed by atoms with Crippen molar-refractivity contribution in [2.75, 3.05) is 0 Å². The quantitative estimate of drug-likeness (QED) is 0.447. The summed E-state index contributed by atoms with van der Waals surface area (Å²) in [6, 6.07) is 21.6. The Morgan fingerprint density at radius 3 is 2.56 bits per heavy atom. The van der Waals surface area contributed by atoms with Gasteiger partial charge in [0.15, 0.2) is 0 Å². The lowest BCUT2D eigenvalue weighted by atomic mass is 10.0. The van der Waals surface area contributed by atoms with Crippen LogP contribution in [0, 0.1) is 0 Å². The summed E-state index contributed by atoms with van der Waals surface area (Å²) in [5.74, 6) is -0.215. The van der Waals surface area contributed by atoms with Crippen LogP contribution >= 0.6 is 0 Å². The zero-order chi connectivity index (χ0) is 17.2. The molecule has 0 spiro atoms. The molecule has 4 aromatic rings. The van der Waals surface area contributed by atoms with Crippen LogP contribution in [0.2, 0.25) is 0 Å². The SMILES string of the molecule is Cn1cc(/C=N/NC(=O)c2cccc3ccccc23)c2ccccc21. The van der Waals surface area contributed by atoms with Gasteiger partial charge in [0.2, 0.25) is 0 Å². The van der Waals surface area contributed by atoms with Gasteiger partial charge in [-0.3, -0.25) is 4.79 Å². The van der Waals surface area contributed by atoms with Gasteiger partial charge in [-0.05, 0) is 22.9 Å². The molecule has 4 nitrogen and oxygen atoms in total. The highest BCUT2D eigenvalue weighted by Gasteiger charge is 2.09. The molecular weight excluding hydrogens is 310 g/mol. The van der Waals surface area contributed by atoms with Gasteiger partial charge in [-0.2, -0.15) is 5.10 Å². The third-order valence-corrected chi connectivity index (χ3v) is 4.33. The summed E-state index contributed by atoms with van der Waals surface area (Å²) in [5.41, 5.74) is 5.35. The van der Waals surface area contributed by atoms with Crippen LogP contribution in [0.3, 0.4) is 0 Å². The normalized spacial score (nSPS) is 11.4. The number of para-hydroxylation sites is 1. The van der Waals surface area contributed by atoms with Gasteiger partial charge in [-0.1, -0.05) is 54.6 Å². The van der Waals surface area contributed by atoms with Crippen molar-refractivity contribution in [1.29, 1.82) is 0 Å². The lowest BCUT2D eigenvalue weighted by Crippen LogP contribution is -2.17. The number of carbonyl (C=O) groups excluding carboxylic acids is 1. The number of hydrogen-bond acceptors (Lipinski definition) is 2. The molecule has 0 aliphatic rings. The maximum absolute atomic E-state index is 12.5. The summed E-state index contributed by atoms with van der Waals surface area (Å²) in [4.78, 5) is 12.5.